The Balaban J connectivity index is 2.08. The van der Waals surface area contributed by atoms with Crippen LogP contribution in [0.3, 0.4) is 0 Å². The second kappa shape index (κ2) is 7.67. The predicted octanol–water partition coefficient (Wildman–Crippen LogP) is 0.0476. The van der Waals surface area contributed by atoms with Crippen LogP contribution in [0.15, 0.2) is 18.2 Å². The molecule has 2 rings (SSSR count). The van der Waals surface area contributed by atoms with Gasteiger partial charge >= 0.3 is 17.8 Å². The highest BCUT2D eigenvalue weighted by molar-refractivity contribution is 6.35. The highest BCUT2D eigenvalue weighted by Crippen LogP contribution is 2.26. The van der Waals surface area contributed by atoms with Crippen LogP contribution in [-0.2, 0) is 25.7 Å². The summed E-state index contributed by atoms with van der Waals surface area (Å²) in [5.41, 5.74) is 0.765. The highest BCUT2D eigenvalue weighted by atomic mass is 16.5. The van der Waals surface area contributed by atoms with Gasteiger partial charge in [0.2, 0.25) is 0 Å². The van der Waals surface area contributed by atoms with Gasteiger partial charge in [-0.1, -0.05) is 0 Å². The van der Waals surface area contributed by atoms with Crippen LogP contribution in [0.5, 0.6) is 11.5 Å². The number of piperazine rings is 1. The number of nitrogens with zero attached hydrogens (tertiary/aromatic N) is 2. The van der Waals surface area contributed by atoms with Gasteiger partial charge in [0.1, 0.15) is 18.0 Å². The average molecular weight is 336 g/mol. The van der Waals surface area contributed by atoms with E-state index in [9.17, 15) is 14.4 Å². The molecule has 0 aromatic heterocycles. The largest absolute Gasteiger partial charge is 0.497 e. The third-order valence-electron chi connectivity index (χ3n) is 3.80. The second-order valence-corrected chi connectivity index (χ2v) is 5.21. The number of rotatable bonds is 6. The summed E-state index contributed by atoms with van der Waals surface area (Å²) in [7, 11) is 4.32. The van der Waals surface area contributed by atoms with Crippen molar-refractivity contribution in [1.82, 2.24) is 9.80 Å². The molecule has 1 aliphatic rings. The molecule has 1 saturated heterocycles. The Morgan fingerprint density at radius 3 is 2.33 bits per heavy atom. The molecular weight excluding hydrogens is 316 g/mol. The molecule has 1 fully saturated rings. The molecule has 0 atom stereocenters. The standard InChI is InChI=1S/C16H20N2O6/c1-22-12-5-4-11(13(8-12)23-2)9-17-6-7-18(10-14(19)24-3)16(21)15(17)20/h4-5,8H,6-7,9-10H2,1-3H3. The minimum absolute atomic E-state index is 0.221. The van der Waals surface area contributed by atoms with E-state index in [1.54, 1.807) is 25.3 Å². The molecule has 8 heteroatoms. The Hall–Kier alpha value is -2.77. The minimum atomic E-state index is -0.709. The maximum atomic E-state index is 12.2. The van der Waals surface area contributed by atoms with E-state index in [2.05, 4.69) is 4.74 Å². The van der Waals surface area contributed by atoms with Crippen LogP contribution in [0.4, 0.5) is 0 Å². The monoisotopic (exact) mass is 336 g/mol. The van der Waals surface area contributed by atoms with E-state index in [-0.39, 0.29) is 19.6 Å². The maximum Gasteiger partial charge on any atom is 0.325 e. The number of ether oxygens (including phenoxy) is 3. The van der Waals surface area contributed by atoms with E-state index in [0.717, 1.165) is 5.56 Å². The van der Waals surface area contributed by atoms with Crippen LogP contribution in [-0.4, -0.2) is 68.5 Å². The van der Waals surface area contributed by atoms with Crippen LogP contribution in [0.1, 0.15) is 5.56 Å². The maximum absolute atomic E-state index is 12.2. The third-order valence-corrected chi connectivity index (χ3v) is 3.80. The molecule has 0 spiro atoms. The van der Waals surface area contributed by atoms with E-state index < -0.39 is 17.8 Å². The molecule has 0 unspecified atom stereocenters. The number of hydrogen-bond acceptors (Lipinski definition) is 6. The topological polar surface area (TPSA) is 85.4 Å². The van der Waals surface area contributed by atoms with Crippen LogP contribution < -0.4 is 9.47 Å². The molecule has 0 saturated carbocycles. The van der Waals surface area contributed by atoms with Crippen LogP contribution >= 0.6 is 0 Å². The van der Waals surface area contributed by atoms with E-state index in [1.807, 2.05) is 0 Å². The molecule has 1 heterocycles. The fourth-order valence-corrected chi connectivity index (χ4v) is 2.43. The molecule has 0 radical (unpaired) electrons. The first-order valence-corrected chi connectivity index (χ1v) is 7.36. The van der Waals surface area contributed by atoms with Crippen molar-refractivity contribution in [1.29, 1.82) is 0 Å². The molecule has 8 nitrogen and oxygen atoms in total. The minimum Gasteiger partial charge on any atom is -0.497 e. The van der Waals surface area contributed by atoms with Gasteiger partial charge in [0.25, 0.3) is 0 Å². The van der Waals surface area contributed by atoms with Gasteiger partial charge in [-0.05, 0) is 12.1 Å². The molecule has 1 aromatic rings. The lowest BCUT2D eigenvalue weighted by atomic mass is 10.1. The van der Waals surface area contributed by atoms with Crippen molar-refractivity contribution in [2.45, 2.75) is 6.54 Å². The smallest absolute Gasteiger partial charge is 0.325 e. The lowest BCUT2D eigenvalue weighted by Gasteiger charge is -2.33. The van der Waals surface area contributed by atoms with Crippen molar-refractivity contribution in [2.75, 3.05) is 41.0 Å². The summed E-state index contributed by atoms with van der Waals surface area (Å²) in [5.74, 6) is -0.698. The summed E-state index contributed by atoms with van der Waals surface area (Å²) >= 11 is 0. The zero-order valence-electron chi connectivity index (χ0n) is 13.9. The summed E-state index contributed by atoms with van der Waals surface area (Å²) in [4.78, 5) is 38.3. The van der Waals surface area contributed by atoms with Crippen LogP contribution in [0, 0.1) is 0 Å². The first kappa shape index (κ1) is 17.6. The van der Waals surface area contributed by atoms with Gasteiger partial charge < -0.3 is 24.0 Å². The van der Waals surface area contributed by atoms with Gasteiger partial charge in [-0.2, -0.15) is 0 Å². The normalized spacial score (nSPS) is 14.6. The summed E-state index contributed by atoms with van der Waals surface area (Å²) in [6.07, 6.45) is 0. The van der Waals surface area contributed by atoms with Crippen molar-refractivity contribution in [3.8, 4) is 11.5 Å². The second-order valence-electron chi connectivity index (χ2n) is 5.21. The molecule has 130 valence electrons. The Bertz CT molecular complexity index is 645. The van der Waals surface area contributed by atoms with Crippen molar-refractivity contribution >= 4 is 17.8 Å². The first-order valence-electron chi connectivity index (χ1n) is 7.36. The molecule has 0 aliphatic carbocycles. The van der Waals surface area contributed by atoms with Crippen molar-refractivity contribution < 1.29 is 28.6 Å². The van der Waals surface area contributed by atoms with Crippen LogP contribution in [0.25, 0.3) is 0 Å². The third kappa shape index (κ3) is 3.76. The number of amides is 2. The SMILES string of the molecule is COC(=O)CN1CCN(Cc2ccc(OC)cc2OC)C(=O)C1=O. The van der Waals surface area contributed by atoms with Crippen molar-refractivity contribution in [3.05, 3.63) is 23.8 Å². The molecule has 1 aromatic carbocycles. The first-order chi connectivity index (χ1) is 11.5. The van der Waals surface area contributed by atoms with Crippen LogP contribution in [0.2, 0.25) is 0 Å². The fourth-order valence-electron chi connectivity index (χ4n) is 2.43. The number of methoxy groups -OCH3 is 3. The molecule has 1 aliphatic heterocycles. The van der Waals surface area contributed by atoms with E-state index in [0.29, 0.717) is 18.0 Å². The van der Waals surface area contributed by atoms with Gasteiger partial charge in [-0.3, -0.25) is 14.4 Å². The lowest BCUT2D eigenvalue weighted by molar-refractivity contribution is -0.159. The van der Waals surface area contributed by atoms with Gasteiger partial charge in [-0.25, -0.2) is 0 Å². The Morgan fingerprint density at radius 1 is 1.04 bits per heavy atom. The Kier molecular flexibility index (Phi) is 5.62. The number of benzene rings is 1. The highest BCUT2D eigenvalue weighted by Gasteiger charge is 2.33. The fraction of sp³-hybridized carbons (Fsp3) is 0.438. The summed E-state index contributed by atoms with van der Waals surface area (Å²) in [5, 5.41) is 0. The number of hydrogen-bond donors (Lipinski definition) is 0. The summed E-state index contributed by atoms with van der Waals surface area (Å²) in [6, 6.07) is 5.27. The van der Waals surface area contributed by atoms with Crippen molar-refractivity contribution in [2.24, 2.45) is 0 Å². The van der Waals surface area contributed by atoms with Gasteiger partial charge in [0.05, 0.1) is 21.3 Å². The average Bonchev–Trinajstić information content (AvgIpc) is 2.61. The molecule has 0 bridgehead atoms. The molecule has 24 heavy (non-hydrogen) atoms. The lowest BCUT2D eigenvalue weighted by Crippen LogP contribution is -2.55. The van der Waals surface area contributed by atoms with Gasteiger partial charge in [0.15, 0.2) is 0 Å². The molecule has 0 N–H and O–H groups in total. The van der Waals surface area contributed by atoms with Crippen molar-refractivity contribution in [3.63, 3.8) is 0 Å². The molecular formula is C16H20N2O6. The van der Waals surface area contributed by atoms with Gasteiger partial charge in [-0.15, -0.1) is 0 Å². The van der Waals surface area contributed by atoms with E-state index in [4.69, 9.17) is 9.47 Å². The Labute approximate surface area is 139 Å². The quantitative estimate of drug-likeness (QED) is 0.539. The summed E-state index contributed by atoms with van der Waals surface area (Å²) < 4.78 is 15.0. The predicted molar refractivity (Wildman–Crippen MR) is 83.6 cm³/mol. The number of carbonyl (C=O) groups is 3. The number of esters is 1. The zero-order chi connectivity index (χ0) is 17.7. The van der Waals surface area contributed by atoms with Gasteiger partial charge in [0, 0.05) is 31.3 Å². The molecule has 2 amide bonds. The van der Waals surface area contributed by atoms with E-state index >= 15 is 0 Å². The summed E-state index contributed by atoms with van der Waals surface area (Å²) in [6.45, 7) is 0.624. The zero-order valence-corrected chi connectivity index (χ0v) is 13.9. The Morgan fingerprint density at radius 2 is 1.71 bits per heavy atom. The van der Waals surface area contributed by atoms with E-state index in [1.165, 1.54) is 24.0 Å². The number of carbonyl (C=O) groups excluding carboxylic acids is 3.